The van der Waals surface area contributed by atoms with Gasteiger partial charge in [0, 0.05) is 22.3 Å². The maximum Gasteiger partial charge on any atom is 0.119 e. The van der Waals surface area contributed by atoms with E-state index in [-0.39, 0.29) is 0 Å². The predicted molar refractivity (Wildman–Crippen MR) is 84.3 cm³/mol. The third-order valence-electron chi connectivity index (χ3n) is 2.95. The van der Waals surface area contributed by atoms with Crippen molar-refractivity contribution in [1.29, 1.82) is 0 Å². The van der Waals surface area contributed by atoms with Crippen molar-refractivity contribution in [2.24, 2.45) is 0 Å². The zero-order chi connectivity index (χ0) is 14.0. The van der Waals surface area contributed by atoms with Crippen LogP contribution in [0.5, 0.6) is 5.75 Å². The summed E-state index contributed by atoms with van der Waals surface area (Å²) in [5, 5.41) is 0. The first-order valence-corrected chi connectivity index (χ1v) is 8.40. The monoisotopic (exact) mass is 288 g/mol. The van der Waals surface area contributed by atoms with Crippen LogP contribution in [-0.4, -0.2) is 16.6 Å². The van der Waals surface area contributed by atoms with Gasteiger partial charge in [0.25, 0.3) is 0 Å². The van der Waals surface area contributed by atoms with E-state index in [4.69, 9.17) is 4.74 Å². The molecule has 0 amide bonds. The first-order chi connectivity index (χ1) is 9.84. The molecule has 2 aromatic carbocycles. The minimum absolute atomic E-state index is 0.653. The second-order valence-corrected chi connectivity index (χ2v) is 6.22. The molecule has 0 aromatic heterocycles. The number of rotatable bonds is 8. The Balaban J connectivity index is 1.58. The van der Waals surface area contributed by atoms with Crippen molar-refractivity contribution in [3.05, 3.63) is 66.2 Å². The topological polar surface area (TPSA) is 26.3 Å². The highest BCUT2D eigenvalue weighted by molar-refractivity contribution is 7.84. The molecule has 0 aliphatic carbocycles. The molecule has 0 aliphatic heterocycles. The average molecular weight is 288 g/mol. The van der Waals surface area contributed by atoms with E-state index >= 15 is 0 Å². The molecule has 0 radical (unpaired) electrons. The van der Waals surface area contributed by atoms with Crippen molar-refractivity contribution >= 4 is 10.8 Å². The third-order valence-corrected chi connectivity index (χ3v) is 4.35. The molecule has 2 rings (SSSR count). The Labute approximate surface area is 123 Å². The van der Waals surface area contributed by atoms with E-state index in [9.17, 15) is 4.21 Å². The summed E-state index contributed by atoms with van der Waals surface area (Å²) in [4.78, 5) is 0. The summed E-state index contributed by atoms with van der Waals surface area (Å²) in [5.41, 5.74) is 1.14. The lowest BCUT2D eigenvalue weighted by atomic mass is 10.2. The third kappa shape index (κ3) is 5.57. The zero-order valence-electron chi connectivity index (χ0n) is 11.5. The van der Waals surface area contributed by atoms with Gasteiger partial charge in [-0.25, -0.2) is 0 Å². The van der Waals surface area contributed by atoms with Gasteiger partial charge in [-0.3, -0.25) is 4.21 Å². The standard InChI is InChI=1S/C17H20O2S/c18-20(15-16-9-3-1-4-10-16)14-8-7-13-19-17-11-5-2-6-12-17/h1-6,9-12H,7-8,13-15H2. The Morgan fingerprint density at radius 3 is 2.20 bits per heavy atom. The van der Waals surface area contributed by atoms with Gasteiger partial charge in [0.05, 0.1) is 6.61 Å². The molecular weight excluding hydrogens is 268 g/mol. The quantitative estimate of drug-likeness (QED) is 0.691. The summed E-state index contributed by atoms with van der Waals surface area (Å²) in [7, 11) is -0.775. The number of hydrogen-bond acceptors (Lipinski definition) is 2. The van der Waals surface area contributed by atoms with Gasteiger partial charge in [-0.2, -0.15) is 0 Å². The van der Waals surface area contributed by atoms with Crippen LogP contribution in [0.15, 0.2) is 60.7 Å². The van der Waals surface area contributed by atoms with Gasteiger partial charge in [0.2, 0.25) is 0 Å². The van der Waals surface area contributed by atoms with Crippen LogP contribution >= 0.6 is 0 Å². The lowest BCUT2D eigenvalue weighted by molar-refractivity contribution is 0.309. The molecule has 1 unspecified atom stereocenters. The summed E-state index contributed by atoms with van der Waals surface area (Å²) in [6, 6.07) is 19.8. The summed E-state index contributed by atoms with van der Waals surface area (Å²) in [5.74, 6) is 2.30. The van der Waals surface area contributed by atoms with Crippen LogP contribution in [0.2, 0.25) is 0 Å². The van der Waals surface area contributed by atoms with Gasteiger partial charge in [0.1, 0.15) is 5.75 Å². The molecule has 0 saturated carbocycles. The molecular formula is C17H20O2S. The molecule has 3 heteroatoms. The van der Waals surface area contributed by atoms with Gasteiger partial charge >= 0.3 is 0 Å². The van der Waals surface area contributed by atoms with E-state index in [0.29, 0.717) is 12.4 Å². The molecule has 0 saturated heterocycles. The zero-order valence-corrected chi connectivity index (χ0v) is 12.4. The Hall–Kier alpha value is -1.61. The molecule has 0 heterocycles. The van der Waals surface area contributed by atoms with Gasteiger partial charge in [-0.1, -0.05) is 48.5 Å². The van der Waals surface area contributed by atoms with E-state index in [1.807, 2.05) is 60.7 Å². The highest BCUT2D eigenvalue weighted by atomic mass is 32.2. The van der Waals surface area contributed by atoms with Gasteiger partial charge in [-0.15, -0.1) is 0 Å². The van der Waals surface area contributed by atoms with Crippen LogP contribution in [0.25, 0.3) is 0 Å². The van der Waals surface area contributed by atoms with E-state index in [2.05, 4.69) is 0 Å². The van der Waals surface area contributed by atoms with Gasteiger partial charge in [0.15, 0.2) is 0 Å². The number of hydrogen-bond donors (Lipinski definition) is 0. The molecule has 0 aliphatic rings. The normalized spacial score (nSPS) is 12.0. The van der Waals surface area contributed by atoms with Crippen LogP contribution in [0.3, 0.4) is 0 Å². The molecule has 0 fully saturated rings. The molecule has 2 nitrogen and oxygen atoms in total. The van der Waals surface area contributed by atoms with Crippen molar-refractivity contribution in [2.75, 3.05) is 12.4 Å². The molecule has 0 spiro atoms. The Kier molecular flexibility index (Phi) is 6.32. The first kappa shape index (κ1) is 14.8. The van der Waals surface area contributed by atoms with E-state index in [0.717, 1.165) is 29.9 Å². The van der Waals surface area contributed by atoms with Crippen molar-refractivity contribution in [3.8, 4) is 5.75 Å². The predicted octanol–water partition coefficient (Wildman–Crippen LogP) is 3.79. The van der Waals surface area contributed by atoms with E-state index in [1.165, 1.54) is 0 Å². The van der Waals surface area contributed by atoms with Crippen molar-refractivity contribution in [3.63, 3.8) is 0 Å². The minimum Gasteiger partial charge on any atom is -0.494 e. The summed E-state index contributed by atoms with van der Waals surface area (Å²) < 4.78 is 17.5. The van der Waals surface area contributed by atoms with Crippen LogP contribution in [0.4, 0.5) is 0 Å². The van der Waals surface area contributed by atoms with Crippen LogP contribution in [0.1, 0.15) is 18.4 Å². The highest BCUT2D eigenvalue weighted by Gasteiger charge is 2.01. The van der Waals surface area contributed by atoms with Crippen LogP contribution in [0, 0.1) is 0 Å². The SMILES string of the molecule is O=S(CCCCOc1ccccc1)Cc1ccccc1. The Bertz CT molecular complexity index is 511. The minimum atomic E-state index is -0.775. The lowest BCUT2D eigenvalue weighted by Gasteiger charge is -2.06. The number of para-hydroxylation sites is 1. The number of unbranched alkanes of at least 4 members (excludes halogenated alkanes) is 1. The van der Waals surface area contributed by atoms with Crippen molar-refractivity contribution in [2.45, 2.75) is 18.6 Å². The summed E-state index contributed by atoms with van der Waals surface area (Å²) in [6.07, 6.45) is 1.88. The van der Waals surface area contributed by atoms with Gasteiger partial charge < -0.3 is 4.74 Å². The number of ether oxygens (including phenoxy) is 1. The maximum atomic E-state index is 11.9. The number of benzene rings is 2. The molecule has 106 valence electrons. The first-order valence-electron chi connectivity index (χ1n) is 6.91. The summed E-state index contributed by atoms with van der Waals surface area (Å²) >= 11 is 0. The fraction of sp³-hybridized carbons (Fsp3) is 0.294. The lowest BCUT2D eigenvalue weighted by Crippen LogP contribution is -2.04. The van der Waals surface area contributed by atoms with E-state index < -0.39 is 10.8 Å². The molecule has 20 heavy (non-hydrogen) atoms. The second kappa shape index (κ2) is 8.54. The van der Waals surface area contributed by atoms with E-state index in [1.54, 1.807) is 0 Å². The van der Waals surface area contributed by atoms with Crippen LogP contribution in [-0.2, 0) is 16.6 Å². The van der Waals surface area contributed by atoms with Crippen molar-refractivity contribution < 1.29 is 8.95 Å². The van der Waals surface area contributed by atoms with Crippen LogP contribution < -0.4 is 4.74 Å². The second-order valence-electron chi connectivity index (χ2n) is 4.64. The summed E-state index contributed by atoms with van der Waals surface area (Å²) in [6.45, 7) is 0.687. The maximum absolute atomic E-state index is 11.9. The molecule has 2 aromatic rings. The smallest absolute Gasteiger partial charge is 0.119 e. The fourth-order valence-corrected chi connectivity index (χ4v) is 3.14. The Morgan fingerprint density at radius 2 is 1.50 bits per heavy atom. The Morgan fingerprint density at radius 1 is 0.850 bits per heavy atom. The fourth-order valence-electron chi connectivity index (χ4n) is 1.90. The largest absolute Gasteiger partial charge is 0.494 e. The molecule has 0 bridgehead atoms. The highest BCUT2D eigenvalue weighted by Crippen LogP contribution is 2.09. The molecule has 1 atom stereocenters. The average Bonchev–Trinajstić information content (AvgIpc) is 2.49. The molecule has 0 N–H and O–H groups in total. The van der Waals surface area contributed by atoms with Crippen molar-refractivity contribution in [1.82, 2.24) is 0 Å². The van der Waals surface area contributed by atoms with Gasteiger partial charge in [-0.05, 0) is 30.5 Å².